The number of nitrogens with one attached hydrogen (secondary N) is 1. The minimum atomic E-state index is -3.74. The first-order valence-corrected chi connectivity index (χ1v) is 8.65. The fourth-order valence-electron chi connectivity index (χ4n) is 1.54. The van der Waals surface area contributed by atoms with Gasteiger partial charge in [-0.1, -0.05) is 16.6 Å². The number of benzene rings is 1. The van der Waals surface area contributed by atoms with Gasteiger partial charge in [0.25, 0.3) is 15.0 Å². The van der Waals surface area contributed by atoms with Crippen molar-refractivity contribution in [1.29, 1.82) is 0 Å². The first-order valence-electron chi connectivity index (χ1n) is 5.50. The van der Waals surface area contributed by atoms with Crippen molar-refractivity contribution in [3.8, 4) is 0 Å². The number of halogens is 1. The highest BCUT2D eigenvalue weighted by Gasteiger charge is 2.15. The molecule has 0 aliphatic rings. The molecule has 0 radical (unpaired) electrons. The number of carbonyl (C=O) groups is 1. The van der Waals surface area contributed by atoms with Crippen LogP contribution in [0, 0.1) is 0 Å². The van der Waals surface area contributed by atoms with Crippen molar-refractivity contribution in [2.75, 3.05) is 0 Å². The lowest BCUT2D eigenvalue weighted by Crippen LogP contribution is -2.26. The molecular formula is C11H10ClN3O3S2. The Morgan fingerprint density at radius 1 is 1.35 bits per heavy atom. The number of nitrogens with zero attached hydrogens (tertiary/aromatic N) is 2. The summed E-state index contributed by atoms with van der Waals surface area (Å²) in [4.78, 5) is 11.8. The Morgan fingerprint density at radius 3 is 2.50 bits per heavy atom. The Labute approximate surface area is 124 Å². The SMILES string of the molecule is CC(NC(=O)c1csnn1)c1ccc(S(=O)(=O)Cl)cc1. The number of amides is 1. The van der Waals surface area contributed by atoms with E-state index in [-0.39, 0.29) is 22.5 Å². The van der Waals surface area contributed by atoms with Gasteiger partial charge in [-0.05, 0) is 36.2 Å². The maximum Gasteiger partial charge on any atom is 0.273 e. The van der Waals surface area contributed by atoms with E-state index in [1.54, 1.807) is 24.4 Å². The van der Waals surface area contributed by atoms with E-state index in [4.69, 9.17) is 10.7 Å². The Bertz CT molecular complexity index is 699. The van der Waals surface area contributed by atoms with Crippen molar-refractivity contribution in [2.24, 2.45) is 0 Å². The second-order valence-corrected chi connectivity index (χ2v) is 7.17. The molecule has 1 aromatic heterocycles. The molecule has 9 heteroatoms. The third kappa shape index (κ3) is 3.53. The minimum Gasteiger partial charge on any atom is -0.344 e. The lowest BCUT2D eigenvalue weighted by atomic mass is 10.1. The largest absolute Gasteiger partial charge is 0.344 e. The third-order valence-electron chi connectivity index (χ3n) is 2.60. The highest BCUT2D eigenvalue weighted by atomic mass is 35.7. The van der Waals surface area contributed by atoms with E-state index in [1.807, 2.05) is 0 Å². The predicted molar refractivity (Wildman–Crippen MR) is 75.3 cm³/mol. The van der Waals surface area contributed by atoms with E-state index in [9.17, 15) is 13.2 Å². The molecule has 0 aliphatic carbocycles. The molecule has 0 fully saturated rings. The van der Waals surface area contributed by atoms with Gasteiger partial charge in [-0.2, -0.15) is 0 Å². The van der Waals surface area contributed by atoms with E-state index >= 15 is 0 Å². The van der Waals surface area contributed by atoms with Crippen molar-refractivity contribution < 1.29 is 13.2 Å². The smallest absolute Gasteiger partial charge is 0.273 e. The molecule has 0 bridgehead atoms. The first kappa shape index (κ1) is 14.9. The summed E-state index contributed by atoms with van der Waals surface area (Å²) in [6.07, 6.45) is 0. The Kier molecular flexibility index (Phi) is 4.36. The van der Waals surface area contributed by atoms with Gasteiger partial charge in [-0.15, -0.1) is 5.10 Å². The molecule has 1 N–H and O–H groups in total. The van der Waals surface area contributed by atoms with Crippen molar-refractivity contribution in [2.45, 2.75) is 17.9 Å². The number of hydrogen-bond acceptors (Lipinski definition) is 6. The molecule has 6 nitrogen and oxygen atoms in total. The molecule has 1 heterocycles. The summed E-state index contributed by atoms with van der Waals surface area (Å²) in [6.45, 7) is 1.78. The van der Waals surface area contributed by atoms with Gasteiger partial charge in [0.2, 0.25) is 0 Å². The first-order chi connectivity index (χ1) is 9.38. The normalized spacial score (nSPS) is 12.9. The summed E-state index contributed by atoms with van der Waals surface area (Å²) in [5.74, 6) is -0.333. The van der Waals surface area contributed by atoms with Gasteiger partial charge in [0, 0.05) is 16.1 Å². The molecule has 0 spiro atoms. The van der Waals surface area contributed by atoms with Gasteiger partial charge in [-0.3, -0.25) is 4.79 Å². The molecule has 0 saturated carbocycles. The summed E-state index contributed by atoms with van der Waals surface area (Å²) >= 11 is 1.09. The average Bonchev–Trinajstić information content (AvgIpc) is 2.91. The van der Waals surface area contributed by atoms with Gasteiger partial charge in [-0.25, -0.2) is 8.42 Å². The van der Waals surface area contributed by atoms with Crippen LogP contribution in [-0.2, 0) is 9.05 Å². The zero-order chi connectivity index (χ0) is 14.8. The van der Waals surface area contributed by atoms with E-state index in [2.05, 4.69) is 14.9 Å². The van der Waals surface area contributed by atoms with E-state index in [1.165, 1.54) is 12.1 Å². The topological polar surface area (TPSA) is 89.0 Å². The number of rotatable bonds is 4. The van der Waals surface area contributed by atoms with Crippen LogP contribution in [0.4, 0.5) is 0 Å². The molecule has 1 amide bonds. The standard InChI is InChI=1S/C11H10ClN3O3S2/c1-7(13-11(16)10-6-19-15-14-10)8-2-4-9(5-3-8)20(12,17)18/h2-7H,1H3,(H,13,16). The molecule has 2 aromatic rings. The van der Waals surface area contributed by atoms with Crippen LogP contribution in [0.5, 0.6) is 0 Å². The molecule has 2 rings (SSSR count). The molecule has 1 aromatic carbocycles. The minimum absolute atomic E-state index is 0.0187. The van der Waals surface area contributed by atoms with E-state index < -0.39 is 9.05 Å². The molecular weight excluding hydrogens is 322 g/mol. The fourth-order valence-corrected chi connectivity index (χ4v) is 2.74. The van der Waals surface area contributed by atoms with Crippen molar-refractivity contribution in [3.05, 3.63) is 40.9 Å². The second kappa shape index (κ2) is 5.86. The van der Waals surface area contributed by atoms with Gasteiger partial charge in [0.15, 0.2) is 5.69 Å². The predicted octanol–water partition coefficient (Wildman–Crippen LogP) is 1.96. The highest BCUT2D eigenvalue weighted by molar-refractivity contribution is 8.13. The summed E-state index contributed by atoms with van der Waals surface area (Å²) in [6, 6.07) is 5.69. The summed E-state index contributed by atoms with van der Waals surface area (Å²) < 4.78 is 25.9. The van der Waals surface area contributed by atoms with Crippen LogP contribution in [0.2, 0.25) is 0 Å². The molecule has 0 saturated heterocycles. The molecule has 1 atom stereocenters. The Morgan fingerprint density at radius 2 is 2.00 bits per heavy atom. The van der Waals surface area contributed by atoms with Gasteiger partial charge >= 0.3 is 0 Å². The van der Waals surface area contributed by atoms with E-state index in [0.29, 0.717) is 0 Å². The zero-order valence-corrected chi connectivity index (χ0v) is 12.7. The van der Waals surface area contributed by atoms with Crippen molar-refractivity contribution in [3.63, 3.8) is 0 Å². The monoisotopic (exact) mass is 331 g/mol. The lowest BCUT2D eigenvalue weighted by molar-refractivity contribution is 0.0935. The Balaban J connectivity index is 2.10. The van der Waals surface area contributed by atoms with Gasteiger partial charge in [0.05, 0.1) is 10.9 Å². The zero-order valence-electron chi connectivity index (χ0n) is 10.3. The maximum absolute atomic E-state index is 11.8. The average molecular weight is 332 g/mol. The lowest BCUT2D eigenvalue weighted by Gasteiger charge is -2.13. The van der Waals surface area contributed by atoms with Gasteiger partial charge < -0.3 is 5.32 Å². The summed E-state index contributed by atoms with van der Waals surface area (Å²) in [7, 11) is 1.49. The number of aromatic nitrogens is 2. The Hall–Kier alpha value is -1.51. The van der Waals surface area contributed by atoms with Crippen LogP contribution in [0.1, 0.15) is 29.0 Å². The highest BCUT2D eigenvalue weighted by Crippen LogP contribution is 2.19. The maximum atomic E-state index is 11.8. The van der Waals surface area contributed by atoms with Crippen LogP contribution in [0.3, 0.4) is 0 Å². The van der Waals surface area contributed by atoms with Crippen molar-refractivity contribution in [1.82, 2.24) is 14.9 Å². The molecule has 1 unspecified atom stereocenters. The van der Waals surface area contributed by atoms with Crippen LogP contribution >= 0.6 is 22.2 Å². The van der Waals surface area contributed by atoms with Crippen LogP contribution in [-0.4, -0.2) is 23.9 Å². The van der Waals surface area contributed by atoms with Crippen LogP contribution in [0.25, 0.3) is 0 Å². The molecule has 0 aliphatic heterocycles. The van der Waals surface area contributed by atoms with Gasteiger partial charge in [0.1, 0.15) is 0 Å². The van der Waals surface area contributed by atoms with Crippen LogP contribution in [0.15, 0.2) is 34.5 Å². The third-order valence-corrected chi connectivity index (χ3v) is 4.48. The fraction of sp³-hybridized carbons (Fsp3) is 0.182. The second-order valence-electron chi connectivity index (χ2n) is 3.99. The quantitative estimate of drug-likeness (QED) is 0.865. The molecule has 106 valence electrons. The molecule has 20 heavy (non-hydrogen) atoms. The van der Waals surface area contributed by atoms with Crippen molar-refractivity contribution >= 4 is 37.2 Å². The summed E-state index contributed by atoms with van der Waals surface area (Å²) in [5, 5.41) is 7.96. The number of hydrogen-bond donors (Lipinski definition) is 1. The van der Waals surface area contributed by atoms with E-state index in [0.717, 1.165) is 17.1 Å². The van der Waals surface area contributed by atoms with Crippen LogP contribution < -0.4 is 5.32 Å². The summed E-state index contributed by atoms with van der Waals surface area (Å²) in [5.41, 5.74) is 1.01. The number of carbonyl (C=O) groups excluding carboxylic acids is 1.